The average molecular weight is 504 g/mol. The van der Waals surface area contributed by atoms with Gasteiger partial charge in [-0.15, -0.1) is 0 Å². The maximum atomic E-state index is 13.6. The van der Waals surface area contributed by atoms with E-state index in [1.807, 2.05) is 0 Å². The number of sulfone groups is 1. The van der Waals surface area contributed by atoms with Crippen LogP contribution < -0.4 is 5.32 Å². The van der Waals surface area contributed by atoms with E-state index in [0.29, 0.717) is 25.0 Å². The number of carbonyl (C=O) groups is 1. The topological polar surface area (TPSA) is 104 Å². The molecule has 6 nitrogen and oxygen atoms in total. The van der Waals surface area contributed by atoms with E-state index in [-0.39, 0.29) is 45.8 Å². The number of fused-ring (bicyclic) bond motifs is 2. The fraction of sp³-hybridized carbons (Fsp3) is 0.409. The molecule has 2 bridgehead atoms. The second kappa shape index (κ2) is 8.90. The van der Waals surface area contributed by atoms with Crippen LogP contribution in [0.3, 0.4) is 0 Å². The molecule has 11 heteroatoms. The number of carbonyl (C=O) groups excluding carboxylic acids is 1. The summed E-state index contributed by atoms with van der Waals surface area (Å²) < 4.78 is 67.2. The molecule has 0 radical (unpaired) electrons. The molecule has 2 fully saturated rings. The Balaban J connectivity index is 1.65. The molecule has 33 heavy (non-hydrogen) atoms. The highest BCUT2D eigenvalue weighted by Crippen LogP contribution is 2.47. The molecule has 0 aromatic heterocycles. The van der Waals surface area contributed by atoms with Crippen molar-refractivity contribution in [1.29, 1.82) is 0 Å². The zero-order valence-corrected chi connectivity index (χ0v) is 18.7. The van der Waals surface area contributed by atoms with Crippen molar-refractivity contribution in [3.8, 4) is 0 Å². The molecule has 178 valence electrons. The summed E-state index contributed by atoms with van der Waals surface area (Å²) in [6, 6.07) is 4.77. The minimum Gasteiger partial charge on any atom is -0.390 e. The molecule has 3 N–H and O–H groups in total. The predicted molar refractivity (Wildman–Crippen MR) is 114 cm³/mol. The minimum atomic E-state index is -4.05. The van der Waals surface area contributed by atoms with Gasteiger partial charge in [-0.05, 0) is 55.7 Å². The first-order valence-corrected chi connectivity index (χ1v) is 12.3. The molecular weight excluding hydrogens is 483 g/mol. The SMILES string of the molecule is O=C(Nc1cc(F)c(F)c(F)c1)c1ccc(Cl)c(S(=O)(=O)[C@H]2C3CC[C@H]2C[C@H](O)C(O)C3)c1. The number of halogens is 4. The van der Waals surface area contributed by atoms with Crippen molar-refractivity contribution in [1.82, 2.24) is 0 Å². The van der Waals surface area contributed by atoms with Gasteiger partial charge < -0.3 is 15.5 Å². The maximum Gasteiger partial charge on any atom is 0.255 e. The van der Waals surface area contributed by atoms with E-state index in [9.17, 15) is 36.6 Å². The largest absolute Gasteiger partial charge is 0.390 e. The summed E-state index contributed by atoms with van der Waals surface area (Å²) in [4.78, 5) is 12.3. The van der Waals surface area contributed by atoms with E-state index >= 15 is 0 Å². The van der Waals surface area contributed by atoms with Gasteiger partial charge in [-0.3, -0.25) is 4.79 Å². The second-order valence-corrected chi connectivity index (χ2v) is 11.0. The molecule has 2 aliphatic rings. The highest BCUT2D eigenvalue weighted by atomic mass is 35.5. The number of hydrogen-bond acceptors (Lipinski definition) is 5. The molecule has 0 heterocycles. The molecule has 2 unspecified atom stereocenters. The van der Waals surface area contributed by atoms with E-state index in [4.69, 9.17) is 11.6 Å². The molecule has 2 aliphatic carbocycles. The van der Waals surface area contributed by atoms with Crippen LogP contribution in [0.5, 0.6) is 0 Å². The van der Waals surface area contributed by atoms with Crippen molar-refractivity contribution in [3.63, 3.8) is 0 Å². The van der Waals surface area contributed by atoms with Crippen molar-refractivity contribution in [3.05, 3.63) is 58.4 Å². The van der Waals surface area contributed by atoms with E-state index < -0.39 is 50.7 Å². The Morgan fingerprint density at radius 2 is 1.52 bits per heavy atom. The Labute approximate surface area is 193 Å². The van der Waals surface area contributed by atoms with Crippen LogP contribution in [0.15, 0.2) is 35.2 Å². The van der Waals surface area contributed by atoms with Crippen molar-refractivity contribution in [2.24, 2.45) is 11.8 Å². The molecule has 2 saturated carbocycles. The van der Waals surface area contributed by atoms with Gasteiger partial charge in [-0.1, -0.05) is 11.6 Å². The van der Waals surface area contributed by atoms with Gasteiger partial charge in [0.1, 0.15) is 0 Å². The summed E-state index contributed by atoms with van der Waals surface area (Å²) in [6.07, 6.45) is -0.582. The Hall–Kier alpha value is -2.14. The fourth-order valence-corrected chi connectivity index (χ4v) is 7.80. The van der Waals surface area contributed by atoms with E-state index in [1.54, 1.807) is 0 Å². The number of aliphatic hydroxyl groups excluding tert-OH is 2. The quantitative estimate of drug-likeness (QED) is 0.552. The van der Waals surface area contributed by atoms with Crippen molar-refractivity contribution >= 4 is 33.0 Å². The summed E-state index contributed by atoms with van der Waals surface area (Å²) in [5.74, 6) is -6.27. The van der Waals surface area contributed by atoms with Crippen LogP contribution in [0.4, 0.5) is 18.9 Å². The Bertz CT molecular complexity index is 1170. The van der Waals surface area contributed by atoms with Gasteiger partial charge in [-0.25, -0.2) is 21.6 Å². The number of anilines is 1. The molecule has 2 aromatic carbocycles. The van der Waals surface area contributed by atoms with Crippen LogP contribution >= 0.6 is 11.6 Å². The van der Waals surface area contributed by atoms with Crippen LogP contribution in [0.25, 0.3) is 0 Å². The Morgan fingerprint density at radius 1 is 0.970 bits per heavy atom. The molecular formula is C22H21ClF3NO5S. The zero-order chi connectivity index (χ0) is 24.1. The van der Waals surface area contributed by atoms with E-state index in [2.05, 4.69) is 5.32 Å². The first kappa shape index (κ1) is 24.0. The lowest BCUT2D eigenvalue weighted by molar-refractivity contribution is 0.00104. The molecule has 0 saturated heterocycles. The van der Waals surface area contributed by atoms with Gasteiger partial charge in [0.2, 0.25) is 0 Å². The Morgan fingerprint density at radius 3 is 2.06 bits per heavy atom. The summed E-state index contributed by atoms with van der Waals surface area (Å²) in [5, 5.41) is 21.4. The lowest BCUT2D eigenvalue weighted by atomic mass is 9.96. The highest BCUT2D eigenvalue weighted by molar-refractivity contribution is 7.92. The third-order valence-corrected chi connectivity index (χ3v) is 9.35. The number of hydrogen-bond donors (Lipinski definition) is 3. The summed E-state index contributed by atoms with van der Waals surface area (Å²) >= 11 is 6.19. The van der Waals surface area contributed by atoms with Gasteiger partial charge in [0.15, 0.2) is 27.3 Å². The van der Waals surface area contributed by atoms with Gasteiger partial charge in [0.25, 0.3) is 5.91 Å². The fourth-order valence-electron chi connectivity index (χ4n) is 4.93. The number of aliphatic hydroxyl groups is 2. The van der Waals surface area contributed by atoms with Gasteiger partial charge in [0, 0.05) is 23.4 Å². The lowest BCUT2D eigenvalue weighted by Gasteiger charge is -2.23. The predicted octanol–water partition coefficient (Wildman–Crippen LogP) is 3.69. The van der Waals surface area contributed by atoms with E-state index in [1.165, 1.54) is 12.1 Å². The van der Waals surface area contributed by atoms with Crippen molar-refractivity contribution < 1.29 is 36.6 Å². The average Bonchev–Trinajstić information content (AvgIpc) is 3.08. The third kappa shape index (κ3) is 4.49. The van der Waals surface area contributed by atoms with Crippen molar-refractivity contribution in [2.75, 3.05) is 5.32 Å². The molecule has 1 amide bonds. The summed E-state index contributed by atoms with van der Waals surface area (Å²) in [5.41, 5.74) is -0.482. The van der Waals surface area contributed by atoms with Gasteiger partial charge >= 0.3 is 0 Å². The molecule has 0 aliphatic heterocycles. The molecule has 0 spiro atoms. The molecule has 2 aromatic rings. The van der Waals surface area contributed by atoms with Crippen LogP contribution in [-0.4, -0.2) is 42.0 Å². The number of nitrogens with one attached hydrogen (secondary N) is 1. The summed E-state index contributed by atoms with van der Waals surface area (Å²) in [7, 11) is -4.05. The zero-order valence-electron chi connectivity index (χ0n) is 17.1. The van der Waals surface area contributed by atoms with Crippen LogP contribution in [-0.2, 0) is 9.84 Å². The molecule has 4 rings (SSSR count). The molecule has 5 atom stereocenters. The first-order valence-electron chi connectivity index (χ1n) is 10.3. The lowest BCUT2D eigenvalue weighted by Crippen LogP contribution is -2.31. The van der Waals surface area contributed by atoms with Crippen molar-refractivity contribution in [2.45, 2.75) is 48.0 Å². The van der Waals surface area contributed by atoms with E-state index in [0.717, 1.165) is 6.07 Å². The normalized spacial score (nSPS) is 27.3. The van der Waals surface area contributed by atoms with Crippen LogP contribution in [0.1, 0.15) is 36.0 Å². The number of benzene rings is 2. The minimum absolute atomic E-state index is 0.102. The highest BCUT2D eigenvalue weighted by Gasteiger charge is 2.49. The third-order valence-electron chi connectivity index (χ3n) is 6.47. The smallest absolute Gasteiger partial charge is 0.255 e. The van der Waals surface area contributed by atoms with Crippen LogP contribution in [0, 0.1) is 29.3 Å². The summed E-state index contributed by atoms with van der Waals surface area (Å²) in [6.45, 7) is 0. The standard InChI is InChI=1S/C22H21ClF3NO5S/c23-14-4-3-12(22(30)27-13-8-15(24)20(26)16(25)9-13)7-19(14)33(31,32)21-10-1-2-11(21)6-18(29)17(28)5-10/h3-4,7-11,17-18,21,28-29H,1-2,5-6H2,(H,27,30)/t10-,11?,17-,18?,21+/m0/s1. The van der Waals surface area contributed by atoms with Gasteiger partial charge in [-0.2, -0.15) is 0 Å². The maximum absolute atomic E-state index is 13.6. The Kier molecular flexibility index (Phi) is 6.47. The monoisotopic (exact) mass is 503 g/mol. The van der Waals surface area contributed by atoms with Crippen LogP contribution in [0.2, 0.25) is 5.02 Å². The van der Waals surface area contributed by atoms with Gasteiger partial charge in [0.05, 0.1) is 27.4 Å². The second-order valence-electron chi connectivity index (χ2n) is 8.57. The number of amides is 1. The number of rotatable bonds is 4. The first-order chi connectivity index (χ1) is 15.5.